The predicted octanol–water partition coefficient (Wildman–Crippen LogP) is 2.63. The molecule has 0 radical (unpaired) electrons. The van der Waals surface area contributed by atoms with E-state index in [2.05, 4.69) is 27.8 Å². The lowest BCUT2D eigenvalue weighted by Crippen LogP contribution is -2.12. The van der Waals surface area contributed by atoms with Crippen molar-refractivity contribution in [3.8, 4) is 11.8 Å². The van der Waals surface area contributed by atoms with Gasteiger partial charge in [0.05, 0.1) is 11.0 Å². The van der Waals surface area contributed by atoms with Crippen LogP contribution in [0, 0.1) is 22.0 Å². The van der Waals surface area contributed by atoms with Crippen molar-refractivity contribution in [1.29, 1.82) is 0 Å². The van der Waals surface area contributed by atoms with Crippen molar-refractivity contribution >= 4 is 15.9 Å². The molecule has 0 spiro atoms. The minimum absolute atomic E-state index is 0.0374. The van der Waals surface area contributed by atoms with E-state index in [1.165, 1.54) is 6.08 Å². The van der Waals surface area contributed by atoms with Crippen LogP contribution < -0.4 is 0 Å². The van der Waals surface area contributed by atoms with Crippen LogP contribution in [-0.2, 0) is 4.74 Å². The lowest BCUT2D eigenvalue weighted by Gasteiger charge is -2.12. The molecule has 0 aromatic heterocycles. The molecule has 0 aliphatic heterocycles. The van der Waals surface area contributed by atoms with Crippen LogP contribution in [0.5, 0.6) is 0 Å². The van der Waals surface area contributed by atoms with Gasteiger partial charge < -0.3 is 4.74 Å². The summed E-state index contributed by atoms with van der Waals surface area (Å²) in [4.78, 5) is 10.1. The smallest absolute Gasteiger partial charge is 0.308 e. The average molecular weight is 286 g/mol. The van der Waals surface area contributed by atoms with Crippen LogP contribution in [0.1, 0.15) is 20.3 Å². The summed E-state index contributed by atoms with van der Waals surface area (Å²) in [6, 6.07) is 0. The van der Waals surface area contributed by atoms with E-state index in [-0.39, 0.29) is 16.6 Å². The second kappa shape index (κ2) is 5.71. The van der Waals surface area contributed by atoms with Crippen LogP contribution in [0.2, 0.25) is 0 Å². The Labute approximate surface area is 103 Å². The number of alkyl halides is 1. The van der Waals surface area contributed by atoms with Gasteiger partial charge in [0.1, 0.15) is 4.83 Å². The van der Waals surface area contributed by atoms with Crippen molar-refractivity contribution < 1.29 is 9.66 Å². The van der Waals surface area contributed by atoms with Crippen molar-refractivity contribution in [3.05, 3.63) is 33.7 Å². The van der Waals surface area contributed by atoms with Gasteiger partial charge in [-0.1, -0.05) is 27.8 Å². The van der Waals surface area contributed by atoms with Gasteiger partial charge in [-0.05, 0) is 19.9 Å². The van der Waals surface area contributed by atoms with Gasteiger partial charge in [0, 0.05) is 12.5 Å². The number of hydrogen-bond acceptors (Lipinski definition) is 3. The van der Waals surface area contributed by atoms with Crippen molar-refractivity contribution in [2.45, 2.75) is 31.2 Å². The predicted molar refractivity (Wildman–Crippen MR) is 64.5 cm³/mol. The SMILES string of the molecule is CC(C)OC1=C/CC#CC(Br)/C=C\1[N+](=O)[O-]. The number of nitrogens with zero attached hydrogens (tertiary/aromatic N) is 1. The molecule has 86 valence electrons. The zero-order valence-corrected chi connectivity index (χ0v) is 10.7. The van der Waals surface area contributed by atoms with Gasteiger partial charge >= 0.3 is 5.70 Å². The fraction of sp³-hybridized carbons (Fsp3) is 0.455. The molecule has 0 aromatic carbocycles. The van der Waals surface area contributed by atoms with Crippen LogP contribution in [0.15, 0.2) is 23.6 Å². The molecule has 1 aliphatic rings. The van der Waals surface area contributed by atoms with E-state index in [9.17, 15) is 10.1 Å². The van der Waals surface area contributed by atoms with Gasteiger partial charge in [-0.25, -0.2) is 0 Å². The first kappa shape index (κ1) is 12.8. The van der Waals surface area contributed by atoms with Crippen molar-refractivity contribution in [2.75, 3.05) is 0 Å². The minimum atomic E-state index is -0.449. The van der Waals surface area contributed by atoms with Crippen molar-refractivity contribution in [1.82, 2.24) is 0 Å². The molecule has 0 saturated carbocycles. The summed E-state index contributed by atoms with van der Waals surface area (Å²) in [6.07, 6.45) is 3.44. The van der Waals surface area contributed by atoms with Crippen LogP contribution in [0.3, 0.4) is 0 Å². The van der Waals surface area contributed by atoms with Gasteiger partial charge in [-0.15, -0.1) is 0 Å². The topological polar surface area (TPSA) is 52.4 Å². The van der Waals surface area contributed by atoms with Gasteiger partial charge in [0.2, 0.25) is 0 Å². The lowest BCUT2D eigenvalue weighted by molar-refractivity contribution is -0.424. The van der Waals surface area contributed by atoms with E-state index < -0.39 is 4.92 Å². The van der Waals surface area contributed by atoms with E-state index in [0.717, 1.165) is 0 Å². The molecule has 0 fully saturated rings. The Hall–Kier alpha value is -1.28. The summed E-state index contributed by atoms with van der Waals surface area (Å²) in [5.74, 6) is 6.00. The third-order valence-corrected chi connectivity index (χ3v) is 2.24. The Balaban J connectivity index is 3.06. The van der Waals surface area contributed by atoms with Crippen molar-refractivity contribution in [3.63, 3.8) is 0 Å². The van der Waals surface area contributed by atoms with Gasteiger partial charge in [-0.2, -0.15) is 0 Å². The first-order valence-electron chi connectivity index (χ1n) is 4.86. The quantitative estimate of drug-likeness (QED) is 0.347. The standard InChI is InChI=1S/C11H12BrNO3/c1-8(2)16-11-6-4-3-5-9(12)7-10(11)13(14)15/h6-9H,4H2,1-2H3/b10-7+,11-6+. The van der Waals surface area contributed by atoms with Crippen LogP contribution in [-0.4, -0.2) is 15.9 Å². The molecule has 0 amide bonds. The largest absolute Gasteiger partial charge is 0.484 e. The van der Waals surface area contributed by atoms with E-state index >= 15 is 0 Å². The molecular weight excluding hydrogens is 274 g/mol. The first-order chi connectivity index (χ1) is 7.50. The summed E-state index contributed by atoms with van der Waals surface area (Å²) in [5.41, 5.74) is -0.0374. The number of allylic oxidation sites excluding steroid dienone is 2. The Morgan fingerprint density at radius 3 is 2.94 bits per heavy atom. The van der Waals surface area contributed by atoms with Crippen molar-refractivity contribution in [2.24, 2.45) is 0 Å². The second-order valence-electron chi connectivity index (χ2n) is 3.47. The van der Waals surface area contributed by atoms with E-state index in [1.54, 1.807) is 6.08 Å². The Morgan fingerprint density at radius 1 is 1.69 bits per heavy atom. The van der Waals surface area contributed by atoms with Gasteiger partial charge in [-0.3, -0.25) is 10.1 Å². The maximum atomic E-state index is 10.9. The summed E-state index contributed by atoms with van der Waals surface area (Å²) in [6.45, 7) is 3.66. The normalized spacial score (nSPS) is 26.4. The lowest BCUT2D eigenvalue weighted by atomic mass is 10.2. The summed E-state index contributed by atoms with van der Waals surface area (Å²) in [5, 5.41) is 10.9. The number of halogens is 1. The molecule has 0 bridgehead atoms. The molecule has 16 heavy (non-hydrogen) atoms. The molecule has 0 N–H and O–H groups in total. The maximum Gasteiger partial charge on any atom is 0.308 e. The van der Waals surface area contributed by atoms with Gasteiger partial charge in [0.15, 0.2) is 5.76 Å². The molecular formula is C11H12BrNO3. The third-order valence-electron chi connectivity index (χ3n) is 1.75. The molecule has 1 aliphatic carbocycles. The van der Waals surface area contributed by atoms with Crippen LogP contribution >= 0.6 is 15.9 Å². The highest BCUT2D eigenvalue weighted by Gasteiger charge is 2.22. The Morgan fingerprint density at radius 2 is 2.38 bits per heavy atom. The molecule has 0 saturated heterocycles. The van der Waals surface area contributed by atoms with E-state index in [1.807, 2.05) is 13.8 Å². The summed E-state index contributed by atoms with van der Waals surface area (Å²) >= 11 is 3.24. The zero-order valence-electron chi connectivity index (χ0n) is 9.07. The molecule has 1 rings (SSSR count). The summed E-state index contributed by atoms with van der Waals surface area (Å²) < 4.78 is 5.41. The second-order valence-corrected chi connectivity index (χ2v) is 4.46. The maximum absolute atomic E-state index is 10.9. The molecule has 4 nitrogen and oxygen atoms in total. The van der Waals surface area contributed by atoms with Gasteiger partial charge in [0.25, 0.3) is 0 Å². The summed E-state index contributed by atoms with van der Waals surface area (Å²) in [7, 11) is 0. The molecule has 1 atom stereocenters. The number of ether oxygens (including phenoxy) is 1. The fourth-order valence-corrected chi connectivity index (χ4v) is 1.59. The number of hydrogen-bond donors (Lipinski definition) is 0. The monoisotopic (exact) mass is 285 g/mol. The zero-order chi connectivity index (χ0) is 12.1. The average Bonchev–Trinajstić information content (AvgIpc) is 2.15. The molecule has 1 unspecified atom stereocenters. The van der Waals surface area contributed by atoms with Crippen LogP contribution in [0.4, 0.5) is 0 Å². The highest BCUT2D eigenvalue weighted by Crippen LogP contribution is 2.19. The van der Waals surface area contributed by atoms with E-state index in [4.69, 9.17) is 4.74 Å². The highest BCUT2D eigenvalue weighted by molar-refractivity contribution is 9.09. The third kappa shape index (κ3) is 3.70. The number of nitro groups is 1. The highest BCUT2D eigenvalue weighted by atomic mass is 79.9. The fourth-order valence-electron chi connectivity index (χ4n) is 1.18. The molecule has 5 heteroatoms. The number of rotatable bonds is 3. The molecule has 0 aromatic rings. The Bertz CT molecular complexity index is 401. The first-order valence-corrected chi connectivity index (χ1v) is 5.78. The van der Waals surface area contributed by atoms with E-state index in [0.29, 0.717) is 12.2 Å². The molecule has 0 heterocycles. The Kier molecular flexibility index (Phi) is 4.56. The minimum Gasteiger partial charge on any atom is -0.484 e. The van der Waals surface area contributed by atoms with Crippen LogP contribution in [0.25, 0.3) is 0 Å².